The Morgan fingerprint density at radius 1 is 1.26 bits per heavy atom. The van der Waals surface area contributed by atoms with Gasteiger partial charge in [-0.25, -0.2) is 9.97 Å². The van der Waals surface area contributed by atoms with Crippen LogP contribution < -0.4 is 16.6 Å². The number of carbonyl (C=O) groups excluding carboxylic acids is 1. The first kappa shape index (κ1) is 14.9. The standard InChI is InChI=1S/C14H11ClN6O2/c15-11(22)7-1-3-8(4-2-7)17-5-9-6-18-12-10(19-9)13(23)21-14(16)20-12/h1-4,6,17H,5H2,(H3,16,18,20,21,23). The van der Waals surface area contributed by atoms with E-state index >= 15 is 0 Å². The molecule has 3 aromatic rings. The number of nitrogens with one attached hydrogen (secondary N) is 2. The van der Waals surface area contributed by atoms with Gasteiger partial charge in [-0.2, -0.15) is 4.98 Å². The van der Waals surface area contributed by atoms with E-state index in [1.807, 2.05) is 0 Å². The summed E-state index contributed by atoms with van der Waals surface area (Å²) in [7, 11) is 0. The summed E-state index contributed by atoms with van der Waals surface area (Å²) in [6.45, 7) is 0.348. The zero-order chi connectivity index (χ0) is 16.4. The molecule has 0 bridgehead atoms. The maximum Gasteiger partial charge on any atom is 0.280 e. The van der Waals surface area contributed by atoms with Crippen molar-refractivity contribution in [2.45, 2.75) is 6.54 Å². The molecular formula is C14H11ClN6O2. The smallest absolute Gasteiger partial charge is 0.280 e. The van der Waals surface area contributed by atoms with Gasteiger partial charge in [0.05, 0.1) is 18.4 Å². The van der Waals surface area contributed by atoms with E-state index in [9.17, 15) is 9.59 Å². The Kier molecular flexibility index (Phi) is 3.90. The second-order valence-electron chi connectivity index (χ2n) is 4.69. The van der Waals surface area contributed by atoms with E-state index in [0.29, 0.717) is 17.8 Å². The number of hydrogen-bond donors (Lipinski definition) is 3. The molecule has 0 saturated carbocycles. The number of nitrogen functional groups attached to an aromatic ring is 1. The quantitative estimate of drug-likeness (QED) is 0.615. The number of rotatable bonds is 4. The van der Waals surface area contributed by atoms with Gasteiger partial charge in [0, 0.05) is 11.3 Å². The van der Waals surface area contributed by atoms with Crippen LogP contribution in [-0.4, -0.2) is 25.2 Å². The average molecular weight is 331 g/mol. The Balaban J connectivity index is 1.79. The summed E-state index contributed by atoms with van der Waals surface area (Å²) in [4.78, 5) is 37.4. The molecule has 0 fully saturated rings. The van der Waals surface area contributed by atoms with Crippen LogP contribution in [0.15, 0.2) is 35.3 Å². The van der Waals surface area contributed by atoms with Crippen molar-refractivity contribution in [2.24, 2.45) is 0 Å². The fraction of sp³-hybridized carbons (Fsp3) is 0.0714. The minimum Gasteiger partial charge on any atom is -0.379 e. The van der Waals surface area contributed by atoms with E-state index in [-0.39, 0.29) is 17.1 Å². The molecule has 0 saturated heterocycles. The minimum atomic E-state index is -0.511. The van der Waals surface area contributed by atoms with Gasteiger partial charge in [-0.05, 0) is 35.9 Å². The third kappa shape index (κ3) is 3.27. The van der Waals surface area contributed by atoms with Gasteiger partial charge in [-0.3, -0.25) is 14.6 Å². The van der Waals surface area contributed by atoms with Crippen molar-refractivity contribution < 1.29 is 4.79 Å². The molecule has 8 nitrogen and oxygen atoms in total. The molecule has 2 heterocycles. The number of aromatic amines is 1. The number of aromatic nitrogens is 4. The lowest BCUT2D eigenvalue weighted by Gasteiger charge is -2.06. The summed E-state index contributed by atoms with van der Waals surface area (Å²) in [5.41, 5.74) is 7.09. The van der Waals surface area contributed by atoms with Crippen molar-refractivity contribution in [1.82, 2.24) is 19.9 Å². The molecule has 9 heteroatoms. The third-order valence-corrected chi connectivity index (χ3v) is 3.29. The number of H-pyrrole nitrogens is 1. The fourth-order valence-electron chi connectivity index (χ4n) is 1.97. The molecule has 0 aliphatic carbocycles. The molecule has 3 rings (SSSR count). The summed E-state index contributed by atoms with van der Waals surface area (Å²) in [6, 6.07) is 6.67. The first-order valence-corrected chi connectivity index (χ1v) is 6.96. The molecule has 2 aromatic heterocycles. The second kappa shape index (κ2) is 6.01. The minimum absolute atomic E-state index is 0.00314. The maximum absolute atomic E-state index is 11.8. The Hall–Kier alpha value is -3.00. The van der Waals surface area contributed by atoms with E-state index in [2.05, 4.69) is 25.3 Å². The predicted octanol–water partition coefficient (Wildman–Crippen LogP) is 1.29. The van der Waals surface area contributed by atoms with Gasteiger partial charge in [0.15, 0.2) is 11.2 Å². The lowest BCUT2D eigenvalue weighted by Crippen LogP contribution is -2.15. The second-order valence-corrected chi connectivity index (χ2v) is 5.03. The molecule has 0 aliphatic rings. The SMILES string of the molecule is Nc1nc2ncc(CNc3ccc(C(=O)Cl)cc3)nc2c(=O)[nH]1. The van der Waals surface area contributed by atoms with Crippen LogP contribution in [0.3, 0.4) is 0 Å². The van der Waals surface area contributed by atoms with Crippen molar-refractivity contribution in [3.8, 4) is 0 Å². The summed E-state index contributed by atoms with van der Waals surface area (Å²) in [6.07, 6.45) is 1.51. The van der Waals surface area contributed by atoms with E-state index in [1.165, 1.54) is 6.20 Å². The van der Waals surface area contributed by atoms with Crippen molar-refractivity contribution in [3.63, 3.8) is 0 Å². The predicted molar refractivity (Wildman–Crippen MR) is 86.3 cm³/mol. The van der Waals surface area contributed by atoms with Gasteiger partial charge in [0.2, 0.25) is 5.95 Å². The van der Waals surface area contributed by atoms with E-state index < -0.39 is 10.8 Å². The van der Waals surface area contributed by atoms with Gasteiger partial charge < -0.3 is 11.1 Å². The Morgan fingerprint density at radius 3 is 2.70 bits per heavy atom. The first-order chi connectivity index (χ1) is 11.0. The van der Waals surface area contributed by atoms with Crippen LogP contribution >= 0.6 is 11.6 Å². The van der Waals surface area contributed by atoms with Crippen LogP contribution in [0.5, 0.6) is 0 Å². The van der Waals surface area contributed by atoms with Crippen molar-refractivity contribution >= 4 is 39.6 Å². The molecule has 0 amide bonds. The third-order valence-electron chi connectivity index (χ3n) is 3.07. The number of hydrogen-bond acceptors (Lipinski definition) is 7. The number of halogens is 1. The number of anilines is 2. The summed E-state index contributed by atoms with van der Waals surface area (Å²) in [5.74, 6) is -0.00314. The van der Waals surface area contributed by atoms with Crippen LogP contribution in [0.1, 0.15) is 16.1 Å². The summed E-state index contributed by atoms with van der Waals surface area (Å²) < 4.78 is 0. The molecule has 23 heavy (non-hydrogen) atoms. The Labute approximate surface area is 134 Å². The highest BCUT2D eigenvalue weighted by molar-refractivity contribution is 6.67. The van der Waals surface area contributed by atoms with Crippen LogP contribution in [0.2, 0.25) is 0 Å². The van der Waals surface area contributed by atoms with Crippen molar-refractivity contribution in [1.29, 1.82) is 0 Å². The molecule has 1 aromatic carbocycles. The highest BCUT2D eigenvalue weighted by Gasteiger charge is 2.07. The lowest BCUT2D eigenvalue weighted by atomic mass is 10.2. The largest absolute Gasteiger partial charge is 0.379 e. The highest BCUT2D eigenvalue weighted by atomic mass is 35.5. The van der Waals surface area contributed by atoms with Crippen molar-refractivity contribution in [2.75, 3.05) is 11.1 Å². The maximum atomic E-state index is 11.8. The molecule has 0 spiro atoms. The van der Waals surface area contributed by atoms with Crippen LogP contribution in [0.25, 0.3) is 11.2 Å². The molecule has 0 radical (unpaired) electrons. The molecule has 116 valence electrons. The van der Waals surface area contributed by atoms with E-state index in [4.69, 9.17) is 17.3 Å². The lowest BCUT2D eigenvalue weighted by molar-refractivity contribution is 0.108. The van der Waals surface area contributed by atoms with Gasteiger partial charge >= 0.3 is 0 Å². The topological polar surface area (TPSA) is 127 Å². The number of nitrogens with two attached hydrogens (primary N) is 1. The van der Waals surface area contributed by atoms with Crippen LogP contribution in [-0.2, 0) is 6.54 Å². The Morgan fingerprint density at radius 2 is 2.00 bits per heavy atom. The van der Waals surface area contributed by atoms with E-state index in [1.54, 1.807) is 24.3 Å². The zero-order valence-electron chi connectivity index (χ0n) is 11.7. The molecule has 0 atom stereocenters. The normalized spacial score (nSPS) is 10.7. The zero-order valence-corrected chi connectivity index (χ0v) is 12.5. The summed E-state index contributed by atoms with van der Waals surface area (Å²) in [5, 5.41) is 2.60. The first-order valence-electron chi connectivity index (χ1n) is 6.58. The van der Waals surface area contributed by atoms with Gasteiger partial charge in [-0.1, -0.05) is 0 Å². The average Bonchev–Trinajstić information content (AvgIpc) is 2.53. The fourth-order valence-corrected chi connectivity index (χ4v) is 2.09. The van der Waals surface area contributed by atoms with Crippen molar-refractivity contribution in [3.05, 3.63) is 52.1 Å². The van der Waals surface area contributed by atoms with Gasteiger partial charge in [0.1, 0.15) is 0 Å². The Bertz CT molecular complexity index is 938. The molecule has 4 N–H and O–H groups in total. The number of fused-ring (bicyclic) bond motifs is 1. The monoisotopic (exact) mass is 330 g/mol. The number of benzene rings is 1. The highest BCUT2D eigenvalue weighted by Crippen LogP contribution is 2.12. The van der Waals surface area contributed by atoms with Crippen LogP contribution in [0, 0.1) is 0 Å². The number of carbonyl (C=O) groups is 1. The molecule has 0 aliphatic heterocycles. The number of nitrogens with zero attached hydrogens (tertiary/aromatic N) is 3. The van der Waals surface area contributed by atoms with Crippen LogP contribution in [0.4, 0.5) is 11.6 Å². The van der Waals surface area contributed by atoms with Gasteiger partial charge in [0.25, 0.3) is 10.8 Å². The molecule has 0 unspecified atom stereocenters. The molecular weight excluding hydrogens is 320 g/mol. The summed E-state index contributed by atoms with van der Waals surface area (Å²) >= 11 is 5.38. The van der Waals surface area contributed by atoms with E-state index in [0.717, 1.165) is 5.69 Å². The van der Waals surface area contributed by atoms with Gasteiger partial charge in [-0.15, -0.1) is 0 Å².